The van der Waals surface area contributed by atoms with Crippen LogP contribution in [0.3, 0.4) is 0 Å². The van der Waals surface area contributed by atoms with Crippen LogP contribution in [0.2, 0.25) is 0 Å². The maximum absolute atomic E-state index is 4.94. The van der Waals surface area contributed by atoms with Crippen molar-refractivity contribution in [2.45, 2.75) is 19.6 Å². The number of pyridine rings is 1. The SMILES string of the molecule is c1ccc(CCN2CN(Cc3cccnc3)Cn3c2nc2ccccc23)cc1. The molecule has 0 amide bonds. The fraction of sp³-hybridized carbons (Fsp3) is 0.217. The Morgan fingerprint density at radius 2 is 1.64 bits per heavy atom. The van der Waals surface area contributed by atoms with Gasteiger partial charge >= 0.3 is 0 Å². The number of aromatic nitrogens is 3. The second-order valence-electron chi connectivity index (χ2n) is 7.30. The molecule has 0 saturated carbocycles. The molecule has 28 heavy (non-hydrogen) atoms. The second-order valence-corrected chi connectivity index (χ2v) is 7.30. The lowest BCUT2D eigenvalue weighted by molar-refractivity contribution is 0.190. The standard InChI is InChI=1S/C23H23N5/c1-2-7-19(8-3-1)12-14-27-17-26(16-20-9-6-13-24-15-20)18-28-22-11-5-4-10-21(22)25-23(27)28/h1-11,13,15H,12,14,16-18H2. The highest BCUT2D eigenvalue weighted by Crippen LogP contribution is 2.27. The van der Waals surface area contributed by atoms with Gasteiger partial charge in [-0.3, -0.25) is 14.5 Å². The molecule has 0 N–H and O–H groups in total. The third kappa shape index (κ3) is 3.37. The quantitative estimate of drug-likeness (QED) is 0.534. The topological polar surface area (TPSA) is 37.2 Å². The van der Waals surface area contributed by atoms with Crippen LogP contribution in [-0.2, 0) is 19.6 Å². The van der Waals surface area contributed by atoms with Crippen molar-refractivity contribution in [1.82, 2.24) is 19.4 Å². The van der Waals surface area contributed by atoms with Gasteiger partial charge in [0.25, 0.3) is 0 Å². The lowest BCUT2D eigenvalue weighted by atomic mass is 10.1. The van der Waals surface area contributed by atoms with E-state index in [1.165, 1.54) is 16.6 Å². The van der Waals surface area contributed by atoms with Gasteiger partial charge in [-0.15, -0.1) is 0 Å². The van der Waals surface area contributed by atoms with E-state index in [0.717, 1.165) is 44.3 Å². The van der Waals surface area contributed by atoms with Gasteiger partial charge in [0, 0.05) is 25.5 Å². The fourth-order valence-electron chi connectivity index (χ4n) is 3.92. The summed E-state index contributed by atoms with van der Waals surface area (Å²) in [4.78, 5) is 14.1. The monoisotopic (exact) mass is 369 g/mol. The van der Waals surface area contributed by atoms with E-state index >= 15 is 0 Å². The fourth-order valence-corrected chi connectivity index (χ4v) is 3.92. The molecule has 0 radical (unpaired) electrons. The number of anilines is 1. The molecular formula is C23H23N5. The first kappa shape index (κ1) is 17.0. The van der Waals surface area contributed by atoms with Gasteiger partial charge in [0.2, 0.25) is 5.95 Å². The minimum Gasteiger partial charge on any atom is -0.329 e. The molecule has 4 aromatic rings. The lowest BCUT2D eigenvalue weighted by Gasteiger charge is -2.37. The normalized spacial score (nSPS) is 14.4. The van der Waals surface area contributed by atoms with Crippen molar-refractivity contribution in [2.24, 2.45) is 0 Å². The summed E-state index contributed by atoms with van der Waals surface area (Å²) in [6.07, 6.45) is 4.79. The molecule has 5 heteroatoms. The summed E-state index contributed by atoms with van der Waals surface area (Å²) in [6.45, 7) is 3.52. The van der Waals surface area contributed by atoms with Crippen molar-refractivity contribution in [2.75, 3.05) is 18.1 Å². The number of hydrogen-bond acceptors (Lipinski definition) is 4. The summed E-state index contributed by atoms with van der Waals surface area (Å²) in [5.74, 6) is 1.07. The highest BCUT2D eigenvalue weighted by atomic mass is 15.5. The van der Waals surface area contributed by atoms with Gasteiger partial charge in [0.05, 0.1) is 24.4 Å². The average Bonchev–Trinajstić information content (AvgIpc) is 3.12. The predicted octanol–water partition coefficient (Wildman–Crippen LogP) is 3.91. The minimum atomic E-state index is 0.840. The van der Waals surface area contributed by atoms with E-state index in [2.05, 4.69) is 80.0 Å². The van der Waals surface area contributed by atoms with Crippen LogP contribution in [0, 0.1) is 0 Å². The molecule has 1 aliphatic rings. The van der Waals surface area contributed by atoms with Gasteiger partial charge < -0.3 is 4.90 Å². The van der Waals surface area contributed by atoms with Gasteiger partial charge in [0.1, 0.15) is 0 Å². The van der Waals surface area contributed by atoms with Crippen molar-refractivity contribution < 1.29 is 0 Å². The average molecular weight is 369 g/mol. The summed E-state index contributed by atoms with van der Waals surface area (Å²) < 4.78 is 2.33. The Kier molecular flexibility index (Phi) is 4.51. The van der Waals surface area contributed by atoms with E-state index in [1.807, 2.05) is 18.5 Å². The Morgan fingerprint density at radius 3 is 2.50 bits per heavy atom. The summed E-state index contributed by atoms with van der Waals surface area (Å²) in [6, 6.07) is 23.2. The van der Waals surface area contributed by atoms with Crippen LogP contribution in [0.25, 0.3) is 11.0 Å². The largest absolute Gasteiger partial charge is 0.329 e. The molecule has 0 fully saturated rings. The summed E-state index contributed by atoms with van der Waals surface area (Å²) in [5, 5.41) is 0. The molecule has 5 nitrogen and oxygen atoms in total. The van der Waals surface area contributed by atoms with Crippen LogP contribution in [0.1, 0.15) is 11.1 Å². The maximum Gasteiger partial charge on any atom is 0.208 e. The highest BCUT2D eigenvalue weighted by Gasteiger charge is 2.25. The summed E-state index contributed by atoms with van der Waals surface area (Å²) in [5.41, 5.74) is 4.84. The second kappa shape index (κ2) is 7.44. The number of rotatable bonds is 5. The first-order valence-electron chi connectivity index (χ1n) is 9.72. The molecule has 2 aromatic heterocycles. The Labute approximate surface area is 164 Å². The summed E-state index contributed by atoms with van der Waals surface area (Å²) >= 11 is 0. The zero-order valence-electron chi connectivity index (χ0n) is 15.8. The van der Waals surface area contributed by atoms with Gasteiger partial charge in [-0.2, -0.15) is 0 Å². The number of fused-ring (bicyclic) bond motifs is 3. The molecule has 5 rings (SSSR count). The third-order valence-corrected chi connectivity index (χ3v) is 5.27. The number of nitrogens with zero attached hydrogens (tertiary/aromatic N) is 5. The first-order chi connectivity index (χ1) is 13.9. The van der Waals surface area contributed by atoms with Gasteiger partial charge in [-0.25, -0.2) is 4.98 Å². The maximum atomic E-state index is 4.94. The van der Waals surface area contributed by atoms with Crippen LogP contribution in [0.15, 0.2) is 79.1 Å². The van der Waals surface area contributed by atoms with E-state index < -0.39 is 0 Å². The van der Waals surface area contributed by atoms with E-state index in [4.69, 9.17) is 4.98 Å². The smallest absolute Gasteiger partial charge is 0.208 e. The van der Waals surface area contributed by atoms with Crippen LogP contribution >= 0.6 is 0 Å². The van der Waals surface area contributed by atoms with E-state index in [0.29, 0.717) is 0 Å². The Bertz CT molecular complexity index is 1060. The third-order valence-electron chi connectivity index (χ3n) is 5.27. The van der Waals surface area contributed by atoms with Crippen molar-refractivity contribution in [3.63, 3.8) is 0 Å². The van der Waals surface area contributed by atoms with Crippen LogP contribution < -0.4 is 4.90 Å². The molecule has 0 bridgehead atoms. The Morgan fingerprint density at radius 1 is 0.821 bits per heavy atom. The number of benzene rings is 2. The Balaban J connectivity index is 1.44. The molecule has 0 aliphatic carbocycles. The van der Waals surface area contributed by atoms with Crippen LogP contribution in [0.4, 0.5) is 5.95 Å². The molecule has 0 atom stereocenters. The molecule has 140 valence electrons. The summed E-state index contributed by atoms with van der Waals surface area (Å²) in [7, 11) is 0. The minimum absolute atomic E-state index is 0.840. The number of para-hydroxylation sites is 2. The van der Waals surface area contributed by atoms with Crippen LogP contribution in [-0.4, -0.2) is 32.6 Å². The number of imidazole rings is 1. The zero-order chi connectivity index (χ0) is 18.8. The van der Waals surface area contributed by atoms with E-state index in [-0.39, 0.29) is 0 Å². The lowest BCUT2D eigenvalue weighted by Crippen LogP contribution is -2.45. The molecule has 3 heterocycles. The molecule has 0 saturated heterocycles. The molecular weight excluding hydrogens is 346 g/mol. The highest BCUT2D eigenvalue weighted by molar-refractivity contribution is 5.79. The van der Waals surface area contributed by atoms with Gasteiger partial charge in [0.15, 0.2) is 0 Å². The molecule has 0 unspecified atom stereocenters. The van der Waals surface area contributed by atoms with Gasteiger partial charge in [-0.1, -0.05) is 48.5 Å². The van der Waals surface area contributed by atoms with Gasteiger partial charge in [-0.05, 0) is 35.7 Å². The van der Waals surface area contributed by atoms with E-state index in [1.54, 1.807) is 0 Å². The molecule has 2 aromatic carbocycles. The van der Waals surface area contributed by atoms with Crippen molar-refractivity contribution in [1.29, 1.82) is 0 Å². The molecule has 1 aliphatic heterocycles. The molecule has 0 spiro atoms. The van der Waals surface area contributed by atoms with Crippen molar-refractivity contribution >= 4 is 17.0 Å². The van der Waals surface area contributed by atoms with E-state index in [9.17, 15) is 0 Å². The van der Waals surface area contributed by atoms with Crippen LogP contribution in [0.5, 0.6) is 0 Å². The first-order valence-corrected chi connectivity index (χ1v) is 9.72. The zero-order valence-corrected chi connectivity index (χ0v) is 15.8. The Hall–Kier alpha value is -3.18. The predicted molar refractivity (Wildman–Crippen MR) is 112 cm³/mol. The van der Waals surface area contributed by atoms with Crippen molar-refractivity contribution in [3.05, 3.63) is 90.3 Å². The number of hydrogen-bond donors (Lipinski definition) is 0. The van der Waals surface area contributed by atoms with Crippen molar-refractivity contribution in [3.8, 4) is 0 Å².